The van der Waals surface area contributed by atoms with Gasteiger partial charge in [-0.15, -0.1) is 11.3 Å². The third-order valence-corrected chi connectivity index (χ3v) is 3.82. The van der Waals surface area contributed by atoms with Gasteiger partial charge in [-0.25, -0.2) is 4.98 Å². The molecule has 0 radical (unpaired) electrons. The molecule has 1 aromatic heterocycles. The molecular formula is C11H19N3S2. The van der Waals surface area contributed by atoms with E-state index in [1.807, 2.05) is 0 Å². The van der Waals surface area contributed by atoms with E-state index >= 15 is 0 Å². The molecule has 16 heavy (non-hydrogen) atoms. The fourth-order valence-electron chi connectivity index (χ4n) is 1.42. The zero-order chi connectivity index (χ0) is 12.1. The lowest BCUT2D eigenvalue weighted by Gasteiger charge is -2.18. The number of aromatic nitrogens is 1. The summed E-state index contributed by atoms with van der Waals surface area (Å²) in [6, 6.07) is 0. The summed E-state index contributed by atoms with van der Waals surface area (Å²) >= 11 is 6.66. The third-order valence-electron chi connectivity index (χ3n) is 2.55. The quantitative estimate of drug-likeness (QED) is 0.794. The molecular weight excluding hydrogens is 238 g/mol. The van der Waals surface area contributed by atoms with Crippen LogP contribution in [0.5, 0.6) is 0 Å². The summed E-state index contributed by atoms with van der Waals surface area (Å²) in [6.45, 7) is 9.14. The molecule has 90 valence electrons. The van der Waals surface area contributed by atoms with Gasteiger partial charge in [0.1, 0.15) is 5.01 Å². The molecule has 0 saturated carbocycles. The van der Waals surface area contributed by atoms with E-state index in [2.05, 4.69) is 30.7 Å². The number of nitrogens with zero attached hydrogens (tertiary/aromatic N) is 2. The second-order valence-corrected chi connectivity index (χ2v) is 5.65. The topological polar surface area (TPSA) is 42.1 Å². The Morgan fingerprint density at radius 3 is 2.62 bits per heavy atom. The first-order valence-corrected chi connectivity index (χ1v) is 6.69. The maximum Gasteiger partial charge on any atom is 0.107 e. The van der Waals surface area contributed by atoms with Crippen molar-refractivity contribution in [3.63, 3.8) is 0 Å². The molecule has 0 spiro atoms. The molecule has 1 rings (SSSR count). The molecule has 0 aliphatic rings. The Kier molecular flexibility index (Phi) is 5.31. The second-order valence-electron chi connectivity index (χ2n) is 3.83. The predicted molar refractivity (Wildman–Crippen MR) is 73.9 cm³/mol. The highest BCUT2D eigenvalue weighted by Gasteiger charge is 2.08. The normalized spacial score (nSPS) is 11.0. The van der Waals surface area contributed by atoms with Gasteiger partial charge >= 0.3 is 0 Å². The van der Waals surface area contributed by atoms with Crippen LogP contribution in [0, 0.1) is 13.8 Å². The van der Waals surface area contributed by atoms with Crippen molar-refractivity contribution in [2.45, 2.75) is 33.7 Å². The highest BCUT2D eigenvalue weighted by Crippen LogP contribution is 2.18. The average molecular weight is 257 g/mol. The maximum atomic E-state index is 5.51. The average Bonchev–Trinajstić information content (AvgIpc) is 2.52. The van der Waals surface area contributed by atoms with Crippen LogP contribution in [0.3, 0.4) is 0 Å². The van der Waals surface area contributed by atoms with Crippen molar-refractivity contribution in [3.8, 4) is 0 Å². The Hall–Kier alpha value is -0.520. The number of rotatable bonds is 6. The van der Waals surface area contributed by atoms with E-state index in [1.165, 1.54) is 9.88 Å². The van der Waals surface area contributed by atoms with Gasteiger partial charge < -0.3 is 5.73 Å². The summed E-state index contributed by atoms with van der Waals surface area (Å²) in [5.41, 5.74) is 6.65. The van der Waals surface area contributed by atoms with Crippen LogP contribution in [0.2, 0.25) is 0 Å². The van der Waals surface area contributed by atoms with Crippen molar-refractivity contribution >= 4 is 28.5 Å². The van der Waals surface area contributed by atoms with E-state index in [0.29, 0.717) is 4.99 Å². The number of aryl methyl sites for hydroxylation is 2. The van der Waals surface area contributed by atoms with Crippen LogP contribution in [0.1, 0.15) is 28.9 Å². The van der Waals surface area contributed by atoms with Crippen molar-refractivity contribution in [3.05, 3.63) is 15.6 Å². The summed E-state index contributed by atoms with van der Waals surface area (Å²) in [5.74, 6) is 0. The van der Waals surface area contributed by atoms with Gasteiger partial charge in [0.15, 0.2) is 0 Å². The number of nitrogens with two attached hydrogens (primary N) is 1. The van der Waals surface area contributed by atoms with Gasteiger partial charge in [0.2, 0.25) is 0 Å². The molecule has 0 aliphatic carbocycles. The molecule has 0 aromatic carbocycles. The highest BCUT2D eigenvalue weighted by molar-refractivity contribution is 7.80. The zero-order valence-electron chi connectivity index (χ0n) is 10.1. The summed E-state index contributed by atoms with van der Waals surface area (Å²) in [6.07, 6.45) is 0.784. The van der Waals surface area contributed by atoms with E-state index in [-0.39, 0.29) is 0 Å². The molecule has 2 N–H and O–H groups in total. The molecule has 0 unspecified atom stereocenters. The molecule has 0 fully saturated rings. The zero-order valence-corrected chi connectivity index (χ0v) is 11.7. The van der Waals surface area contributed by atoms with Gasteiger partial charge in [0.05, 0.1) is 17.2 Å². The van der Waals surface area contributed by atoms with Gasteiger partial charge in [0, 0.05) is 17.8 Å². The molecule has 3 nitrogen and oxygen atoms in total. The lowest BCUT2D eigenvalue weighted by Crippen LogP contribution is -2.27. The van der Waals surface area contributed by atoms with Crippen LogP contribution < -0.4 is 5.73 Å². The van der Waals surface area contributed by atoms with E-state index in [0.717, 1.165) is 31.7 Å². The predicted octanol–water partition coefficient (Wildman–Crippen LogP) is 2.26. The molecule has 0 aliphatic heterocycles. The van der Waals surface area contributed by atoms with Crippen molar-refractivity contribution < 1.29 is 0 Å². The standard InChI is InChI=1S/C11H19N3S2/c1-4-14(6-5-10(12)15)7-11-13-8(2)9(3)16-11/h4-7H2,1-3H3,(H2,12,15). The SMILES string of the molecule is CCN(CCC(N)=S)Cc1nc(C)c(C)s1. The summed E-state index contributed by atoms with van der Waals surface area (Å²) in [7, 11) is 0. The van der Waals surface area contributed by atoms with Gasteiger partial charge in [-0.1, -0.05) is 19.1 Å². The Balaban J connectivity index is 2.52. The van der Waals surface area contributed by atoms with Gasteiger partial charge in [-0.2, -0.15) is 0 Å². The molecule has 5 heteroatoms. The smallest absolute Gasteiger partial charge is 0.107 e. The van der Waals surface area contributed by atoms with E-state index in [4.69, 9.17) is 18.0 Å². The van der Waals surface area contributed by atoms with Crippen molar-refractivity contribution in [1.82, 2.24) is 9.88 Å². The third kappa shape index (κ3) is 4.15. The minimum atomic E-state index is 0.588. The summed E-state index contributed by atoms with van der Waals surface area (Å²) in [5, 5.41) is 1.18. The Morgan fingerprint density at radius 1 is 1.50 bits per heavy atom. The van der Waals surface area contributed by atoms with E-state index < -0.39 is 0 Å². The number of thiocarbonyl (C=S) groups is 1. The monoisotopic (exact) mass is 257 g/mol. The Bertz CT molecular complexity index is 341. The van der Waals surface area contributed by atoms with Crippen molar-refractivity contribution in [1.29, 1.82) is 0 Å². The van der Waals surface area contributed by atoms with E-state index in [9.17, 15) is 0 Å². The molecule has 0 atom stereocenters. The lowest BCUT2D eigenvalue weighted by molar-refractivity contribution is 0.288. The van der Waals surface area contributed by atoms with Gasteiger partial charge in [-0.05, 0) is 20.4 Å². The largest absolute Gasteiger partial charge is 0.393 e. The van der Waals surface area contributed by atoms with Crippen molar-refractivity contribution in [2.24, 2.45) is 5.73 Å². The Labute approximate surface area is 107 Å². The first-order chi connectivity index (χ1) is 7.52. The molecule has 1 aromatic rings. The van der Waals surface area contributed by atoms with E-state index in [1.54, 1.807) is 11.3 Å². The number of hydrogen-bond donors (Lipinski definition) is 1. The summed E-state index contributed by atoms with van der Waals surface area (Å²) in [4.78, 5) is 8.75. The number of hydrogen-bond acceptors (Lipinski definition) is 4. The molecule has 0 amide bonds. The van der Waals surface area contributed by atoms with Gasteiger partial charge in [-0.3, -0.25) is 4.90 Å². The van der Waals surface area contributed by atoms with Crippen LogP contribution in [-0.2, 0) is 6.54 Å². The van der Waals surface area contributed by atoms with Crippen molar-refractivity contribution in [2.75, 3.05) is 13.1 Å². The fraction of sp³-hybridized carbons (Fsp3) is 0.636. The highest BCUT2D eigenvalue weighted by atomic mass is 32.1. The van der Waals surface area contributed by atoms with Crippen LogP contribution in [-0.4, -0.2) is 28.0 Å². The first kappa shape index (κ1) is 13.5. The minimum Gasteiger partial charge on any atom is -0.393 e. The molecule has 0 saturated heterocycles. The van der Waals surface area contributed by atoms with Gasteiger partial charge in [0.25, 0.3) is 0 Å². The fourth-order valence-corrected chi connectivity index (χ4v) is 2.48. The minimum absolute atomic E-state index is 0.588. The molecule has 0 bridgehead atoms. The Morgan fingerprint density at radius 2 is 2.19 bits per heavy atom. The first-order valence-electron chi connectivity index (χ1n) is 5.46. The number of thiazole rings is 1. The lowest BCUT2D eigenvalue weighted by atomic mass is 10.3. The van der Waals surface area contributed by atoms with Crippen LogP contribution >= 0.6 is 23.6 Å². The second kappa shape index (κ2) is 6.27. The molecule has 1 heterocycles. The van der Waals surface area contributed by atoms with Crippen LogP contribution in [0.4, 0.5) is 0 Å². The maximum absolute atomic E-state index is 5.51. The summed E-state index contributed by atoms with van der Waals surface area (Å²) < 4.78 is 0. The van der Waals surface area contributed by atoms with Crippen LogP contribution in [0.25, 0.3) is 0 Å². The van der Waals surface area contributed by atoms with Crippen LogP contribution in [0.15, 0.2) is 0 Å².